The van der Waals surface area contributed by atoms with Crippen LogP contribution >= 0.6 is 18.5 Å². The van der Waals surface area contributed by atoms with Crippen LogP contribution in [0.5, 0.6) is 0 Å². The maximum absolute atomic E-state index is 3.35. The first kappa shape index (κ1) is 28.1. The lowest BCUT2D eigenvalue weighted by Crippen LogP contribution is -2.50. The van der Waals surface area contributed by atoms with E-state index in [-0.39, 0.29) is 37.4 Å². The van der Waals surface area contributed by atoms with E-state index >= 15 is 0 Å². The molecule has 0 N–H and O–H groups in total. The Morgan fingerprint density at radius 1 is 0.467 bits per heavy atom. The first-order valence-corrected chi connectivity index (χ1v) is 12.7. The van der Waals surface area contributed by atoms with E-state index in [4.69, 9.17) is 0 Å². The minimum absolute atomic E-state index is 0.0719. The van der Waals surface area contributed by atoms with Gasteiger partial charge in [0.1, 0.15) is 0 Å². The summed E-state index contributed by atoms with van der Waals surface area (Å²) in [5.74, 6) is 0. The van der Waals surface area contributed by atoms with E-state index in [1.165, 1.54) is 16.7 Å². The highest BCUT2D eigenvalue weighted by Gasteiger charge is 2.55. The smallest absolute Gasteiger partial charge is 0.0197 e. The molecule has 1 rings (SSSR count). The van der Waals surface area contributed by atoms with Crippen LogP contribution in [0.25, 0.3) is 0 Å². The third-order valence-corrected chi connectivity index (χ3v) is 11.6. The number of hydrogen-bond acceptors (Lipinski definition) is 0. The summed E-state index contributed by atoms with van der Waals surface area (Å²) < 4.78 is 0. The van der Waals surface area contributed by atoms with Crippen LogP contribution in [0.3, 0.4) is 0 Å². The zero-order valence-electron chi connectivity index (χ0n) is 22.9. The predicted molar refractivity (Wildman–Crippen MR) is 146 cm³/mol. The minimum atomic E-state index is -0.0884. The van der Waals surface area contributed by atoms with Crippen molar-refractivity contribution in [3.05, 3.63) is 34.9 Å². The molecular formula is C28H52P2. The molecule has 2 atom stereocenters. The molecule has 0 spiro atoms. The van der Waals surface area contributed by atoms with E-state index in [0.29, 0.717) is 0 Å². The second kappa shape index (κ2) is 7.84. The fourth-order valence-electron chi connectivity index (χ4n) is 5.55. The summed E-state index contributed by atoms with van der Waals surface area (Å²) in [6.07, 6.45) is 0. The number of hydrogen-bond donors (Lipinski definition) is 0. The van der Waals surface area contributed by atoms with Crippen LogP contribution in [0.15, 0.2) is 18.2 Å². The summed E-state index contributed by atoms with van der Waals surface area (Å²) in [6, 6.07) is 7.37. The van der Waals surface area contributed by atoms with Gasteiger partial charge >= 0.3 is 0 Å². The average Bonchev–Trinajstić information content (AvgIpc) is 2.47. The zero-order valence-corrected chi connectivity index (χ0v) is 25.2. The molecule has 1 aromatic carbocycles. The Balaban J connectivity index is 4.30. The monoisotopic (exact) mass is 450 g/mol. The summed E-state index contributed by atoms with van der Waals surface area (Å²) in [7, 11) is 6.68. The summed E-state index contributed by atoms with van der Waals surface area (Å²) >= 11 is 0. The van der Waals surface area contributed by atoms with Crippen LogP contribution < -0.4 is 0 Å². The van der Waals surface area contributed by atoms with Crippen molar-refractivity contribution in [3.63, 3.8) is 0 Å². The molecule has 0 saturated heterocycles. The van der Waals surface area contributed by atoms with Crippen molar-refractivity contribution in [1.29, 1.82) is 0 Å². The largest absolute Gasteiger partial charge is 0.125 e. The normalized spacial score (nSPS) is 15.5. The van der Waals surface area contributed by atoms with Gasteiger partial charge < -0.3 is 0 Å². The molecular weight excluding hydrogens is 398 g/mol. The predicted octanol–water partition coefficient (Wildman–Crippen LogP) is 9.31. The van der Waals surface area contributed by atoms with Gasteiger partial charge in [-0.25, -0.2) is 0 Å². The molecule has 0 bridgehead atoms. The van der Waals surface area contributed by atoms with E-state index in [0.717, 1.165) is 0 Å². The van der Waals surface area contributed by atoms with Gasteiger partial charge in [-0.15, -0.1) is 18.5 Å². The van der Waals surface area contributed by atoms with Gasteiger partial charge in [-0.05, 0) is 43.8 Å². The SMILES string of the molecule is CC(C)(C)c1ccc(C(P)(C(C)(C)C)C(C)(C)C)c(C(P)(C(C)(C)C)C(C)(C)C)c1. The highest BCUT2D eigenvalue weighted by Crippen LogP contribution is 2.65. The van der Waals surface area contributed by atoms with Gasteiger partial charge in [-0.2, -0.15) is 0 Å². The Hall–Kier alpha value is 0.0800. The van der Waals surface area contributed by atoms with Gasteiger partial charge in [0.25, 0.3) is 0 Å². The lowest BCUT2D eigenvalue weighted by Gasteiger charge is -2.57. The maximum Gasteiger partial charge on any atom is 0.0197 e. The van der Waals surface area contributed by atoms with Crippen molar-refractivity contribution < 1.29 is 0 Å². The average molecular weight is 451 g/mol. The van der Waals surface area contributed by atoms with Crippen LogP contribution in [0.1, 0.15) is 121 Å². The fraction of sp³-hybridized carbons (Fsp3) is 0.786. The van der Waals surface area contributed by atoms with Crippen LogP contribution in [-0.2, 0) is 15.7 Å². The lowest BCUT2D eigenvalue weighted by atomic mass is 9.56. The molecule has 0 fully saturated rings. The van der Waals surface area contributed by atoms with E-state index in [1.54, 1.807) is 0 Å². The van der Waals surface area contributed by atoms with Crippen LogP contribution in [0.4, 0.5) is 0 Å². The molecule has 2 unspecified atom stereocenters. The minimum Gasteiger partial charge on any atom is -0.125 e. The molecule has 0 nitrogen and oxygen atoms in total. The third-order valence-electron chi connectivity index (χ3n) is 7.47. The molecule has 0 amide bonds. The van der Waals surface area contributed by atoms with Gasteiger partial charge in [0.15, 0.2) is 0 Å². The van der Waals surface area contributed by atoms with Crippen molar-refractivity contribution in [3.8, 4) is 0 Å². The Morgan fingerprint density at radius 3 is 1.03 bits per heavy atom. The fourth-order valence-corrected chi connectivity index (χ4v) is 6.04. The zero-order chi connectivity index (χ0) is 24.4. The molecule has 1 aromatic rings. The molecule has 2 heteroatoms. The van der Waals surface area contributed by atoms with Crippen molar-refractivity contribution in [2.24, 2.45) is 21.7 Å². The van der Waals surface area contributed by atoms with Gasteiger partial charge in [-0.3, -0.25) is 0 Å². The van der Waals surface area contributed by atoms with E-state index in [9.17, 15) is 0 Å². The standard InChI is InChI=1S/C28H52P2/c1-22(2,3)19-16-17-20(27(29,23(4,5)6)24(7,8)9)21(18-19)28(30,25(10,11)12)26(13,14)15/h16-18H,29-30H2,1-15H3. The van der Waals surface area contributed by atoms with E-state index < -0.39 is 0 Å². The number of rotatable bonds is 2. The molecule has 0 aliphatic carbocycles. The second-order valence-corrected chi connectivity index (χ2v) is 16.4. The van der Waals surface area contributed by atoms with Crippen LogP contribution in [0, 0.1) is 21.7 Å². The molecule has 0 heterocycles. The Kier molecular flexibility index (Phi) is 7.35. The van der Waals surface area contributed by atoms with Gasteiger partial charge in [-0.1, -0.05) is 122 Å². The molecule has 174 valence electrons. The van der Waals surface area contributed by atoms with Crippen molar-refractivity contribution in [1.82, 2.24) is 0 Å². The van der Waals surface area contributed by atoms with Gasteiger partial charge in [0, 0.05) is 10.3 Å². The highest BCUT2D eigenvalue weighted by atomic mass is 31.0. The molecule has 30 heavy (non-hydrogen) atoms. The molecule has 0 radical (unpaired) electrons. The first-order valence-electron chi connectivity index (χ1n) is 11.6. The van der Waals surface area contributed by atoms with Crippen molar-refractivity contribution in [2.45, 2.75) is 120 Å². The van der Waals surface area contributed by atoms with Crippen molar-refractivity contribution >= 4 is 18.5 Å². The third kappa shape index (κ3) is 4.58. The summed E-state index contributed by atoms with van der Waals surface area (Å²) in [5.41, 5.74) is 4.79. The topological polar surface area (TPSA) is 0 Å². The van der Waals surface area contributed by atoms with Crippen molar-refractivity contribution in [2.75, 3.05) is 0 Å². The quantitative estimate of drug-likeness (QED) is 0.394. The summed E-state index contributed by atoms with van der Waals surface area (Å²) in [6.45, 7) is 35.7. The first-order chi connectivity index (χ1) is 12.8. The van der Waals surface area contributed by atoms with E-state index in [1.807, 2.05) is 0 Å². The molecule has 0 aliphatic rings. The maximum atomic E-state index is 3.35. The number of benzene rings is 1. The molecule has 0 aromatic heterocycles. The Morgan fingerprint density at radius 2 is 0.767 bits per heavy atom. The molecule has 0 aliphatic heterocycles. The second-order valence-electron chi connectivity index (χ2n) is 14.6. The summed E-state index contributed by atoms with van der Waals surface area (Å²) in [5, 5.41) is -0.168. The van der Waals surface area contributed by atoms with Crippen LogP contribution in [-0.4, -0.2) is 0 Å². The molecule has 0 saturated carbocycles. The Labute approximate surface area is 194 Å². The highest BCUT2D eigenvalue weighted by molar-refractivity contribution is 7.19. The summed E-state index contributed by atoms with van der Waals surface area (Å²) in [4.78, 5) is 0. The Bertz CT molecular complexity index is 722. The lowest BCUT2D eigenvalue weighted by molar-refractivity contribution is 0.118. The van der Waals surface area contributed by atoms with E-state index in [2.05, 4.69) is 141 Å². The van der Waals surface area contributed by atoms with Crippen LogP contribution in [0.2, 0.25) is 0 Å². The van der Waals surface area contributed by atoms with Gasteiger partial charge in [0.05, 0.1) is 0 Å². The van der Waals surface area contributed by atoms with Gasteiger partial charge in [0.2, 0.25) is 0 Å².